The standard InChI is InChI=1S/C24H22F5N9O3/c25-16(6-8-37(13-17-3-1-2-7-30-17)23(40)20-11-32-35-33-20)12-38-14-21(34-36-38)22(39)31-10-15-9-18(4-5-19(15)26)41-24(27,28)29/h1-5,7,9,11,14,16H,6,8,10,12-13H2,(H,31,39)(H,32,33,35). The van der Waals surface area contributed by atoms with Gasteiger partial charge in [0.25, 0.3) is 11.8 Å². The molecule has 1 unspecified atom stereocenters. The van der Waals surface area contributed by atoms with Crippen molar-refractivity contribution in [2.45, 2.75) is 38.6 Å². The van der Waals surface area contributed by atoms with E-state index in [0.717, 1.165) is 29.1 Å². The van der Waals surface area contributed by atoms with Gasteiger partial charge in [-0.15, -0.1) is 23.4 Å². The van der Waals surface area contributed by atoms with Crippen LogP contribution in [0.5, 0.6) is 5.75 Å². The number of nitrogens with one attached hydrogen (secondary N) is 2. The van der Waals surface area contributed by atoms with Gasteiger partial charge < -0.3 is 15.0 Å². The van der Waals surface area contributed by atoms with Crippen LogP contribution in [0.4, 0.5) is 22.0 Å². The van der Waals surface area contributed by atoms with Crippen molar-refractivity contribution < 1.29 is 36.3 Å². The molecule has 0 saturated carbocycles. The van der Waals surface area contributed by atoms with Crippen LogP contribution in [0.25, 0.3) is 0 Å². The van der Waals surface area contributed by atoms with Gasteiger partial charge in [-0.25, -0.2) is 13.5 Å². The minimum Gasteiger partial charge on any atom is -0.406 e. The smallest absolute Gasteiger partial charge is 0.406 e. The summed E-state index contributed by atoms with van der Waals surface area (Å²) in [7, 11) is 0. The van der Waals surface area contributed by atoms with Crippen LogP contribution in [-0.2, 0) is 19.6 Å². The highest BCUT2D eigenvalue weighted by Crippen LogP contribution is 2.24. The Kier molecular flexibility index (Phi) is 9.15. The van der Waals surface area contributed by atoms with Crippen molar-refractivity contribution in [3.63, 3.8) is 0 Å². The van der Waals surface area contributed by atoms with E-state index in [1.165, 1.54) is 11.1 Å². The second kappa shape index (κ2) is 12.9. The predicted octanol–water partition coefficient (Wildman–Crippen LogP) is 2.83. The van der Waals surface area contributed by atoms with Gasteiger partial charge in [0.1, 0.15) is 17.7 Å². The van der Waals surface area contributed by atoms with Gasteiger partial charge in [-0.2, -0.15) is 0 Å². The Bertz CT molecular complexity index is 1450. The Hall–Kier alpha value is -4.96. The number of nitrogens with zero attached hydrogens (tertiary/aromatic N) is 7. The van der Waals surface area contributed by atoms with E-state index in [-0.39, 0.29) is 43.0 Å². The van der Waals surface area contributed by atoms with Crippen molar-refractivity contribution in [3.05, 3.63) is 83.5 Å². The minimum absolute atomic E-state index is 0.00809. The molecule has 1 aromatic carbocycles. The molecular weight excluding hydrogens is 557 g/mol. The lowest BCUT2D eigenvalue weighted by Gasteiger charge is -2.22. The monoisotopic (exact) mass is 579 g/mol. The van der Waals surface area contributed by atoms with Gasteiger partial charge in [-0.3, -0.25) is 19.7 Å². The number of hydrogen-bond acceptors (Lipinski definition) is 8. The summed E-state index contributed by atoms with van der Waals surface area (Å²) in [5.41, 5.74) is 0.166. The van der Waals surface area contributed by atoms with Gasteiger partial charge in [0.15, 0.2) is 11.4 Å². The van der Waals surface area contributed by atoms with Crippen molar-refractivity contribution in [2.24, 2.45) is 0 Å². The molecule has 3 heterocycles. The van der Waals surface area contributed by atoms with E-state index in [9.17, 15) is 31.5 Å². The first-order chi connectivity index (χ1) is 19.6. The maximum absolute atomic E-state index is 14.9. The number of amides is 2. The van der Waals surface area contributed by atoms with E-state index < -0.39 is 42.5 Å². The molecule has 0 aliphatic heterocycles. The fourth-order valence-corrected chi connectivity index (χ4v) is 3.64. The number of pyridine rings is 1. The number of ether oxygens (including phenoxy) is 1. The molecule has 0 aliphatic carbocycles. The number of rotatable bonds is 12. The van der Waals surface area contributed by atoms with Crippen molar-refractivity contribution in [3.8, 4) is 5.75 Å². The van der Waals surface area contributed by atoms with Gasteiger partial charge in [0, 0.05) is 24.8 Å². The number of carbonyl (C=O) groups is 2. The lowest BCUT2D eigenvalue weighted by Crippen LogP contribution is -2.34. The molecule has 0 bridgehead atoms. The SMILES string of the molecule is O=C(NCc1cc(OC(F)(F)F)ccc1F)c1cn(CC(F)CCN(Cc2ccccn2)C(=O)c2c[nH]nn2)nn1. The summed E-state index contributed by atoms with van der Waals surface area (Å²) in [5.74, 6) is -2.79. The molecule has 0 aliphatic rings. The molecule has 0 radical (unpaired) electrons. The minimum atomic E-state index is -4.96. The predicted molar refractivity (Wildman–Crippen MR) is 129 cm³/mol. The van der Waals surface area contributed by atoms with Crippen LogP contribution < -0.4 is 10.1 Å². The number of aromatic nitrogens is 7. The molecule has 4 rings (SSSR count). The van der Waals surface area contributed by atoms with Crippen LogP contribution in [0, 0.1) is 5.82 Å². The van der Waals surface area contributed by atoms with E-state index in [0.29, 0.717) is 5.69 Å². The Morgan fingerprint density at radius 2 is 1.98 bits per heavy atom. The topological polar surface area (TPSA) is 144 Å². The van der Waals surface area contributed by atoms with Crippen LogP contribution in [-0.4, -0.2) is 71.2 Å². The number of alkyl halides is 4. The number of halogens is 5. The largest absolute Gasteiger partial charge is 0.573 e. The zero-order chi connectivity index (χ0) is 29.4. The third-order valence-electron chi connectivity index (χ3n) is 5.56. The molecule has 3 aromatic heterocycles. The second-order valence-electron chi connectivity index (χ2n) is 8.60. The molecule has 4 aromatic rings. The average Bonchev–Trinajstić information content (AvgIpc) is 3.63. The van der Waals surface area contributed by atoms with Crippen molar-refractivity contribution >= 4 is 11.8 Å². The highest BCUT2D eigenvalue weighted by atomic mass is 19.4. The molecule has 0 spiro atoms. The zero-order valence-corrected chi connectivity index (χ0v) is 21.1. The first kappa shape index (κ1) is 29.0. The van der Waals surface area contributed by atoms with E-state index in [1.54, 1.807) is 24.4 Å². The van der Waals surface area contributed by atoms with Gasteiger partial charge >= 0.3 is 6.36 Å². The number of carbonyl (C=O) groups excluding carboxylic acids is 2. The van der Waals surface area contributed by atoms with Crippen LogP contribution in [0.2, 0.25) is 0 Å². The first-order valence-corrected chi connectivity index (χ1v) is 12.0. The number of benzene rings is 1. The molecule has 2 N–H and O–H groups in total. The molecule has 17 heteroatoms. The fourth-order valence-electron chi connectivity index (χ4n) is 3.64. The first-order valence-electron chi connectivity index (χ1n) is 12.0. The van der Waals surface area contributed by atoms with Crippen LogP contribution in [0.3, 0.4) is 0 Å². The third-order valence-corrected chi connectivity index (χ3v) is 5.56. The maximum atomic E-state index is 14.9. The lowest BCUT2D eigenvalue weighted by atomic mass is 10.2. The highest BCUT2D eigenvalue weighted by Gasteiger charge is 2.31. The van der Waals surface area contributed by atoms with Crippen LogP contribution in [0.15, 0.2) is 55.0 Å². The van der Waals surface area contributed by atoms with Gasteiger partial charge in [-0.1, -0.05) is 16.5 Å². The summed E-state index contributed by atoms with van der Waals surface area (Å²) < 4.78 is 70.9. The van der Waals surface area contributed by atoms with Crippen molar-refractivity contribution in [2.75, 3.05) is 6.54 Å². The Morgan fingerprint density at radius 1 is 1.15 bits per heavy atom. The number of hydrogen-bond donors (Lipinski definition) is 2. The highest BCUT2D eigenvalue weighted by molar-refractivity contribution is 5.92. The Labute approximate surface area is 228 Å². The molecule has 216 valence electrons. The third kappa shape index (κ3) is 8.51. The summed E-state index contributed by atoms with van der Waals surface area (Å²) in [6.45, 7) is -0.641. The zero-order valence-electron chi connectivity index (χ0n) is 21.1. The van der Waals surface area contributed by atoms with E-state index >= 15 is 0 Å². The summed E-state index contributed by atoms with van der Waals surface area (Å²) in [5, 5.41) is 19.4. The molecule has 12 nitrogen and oxygen atoms in total. The van der Waals surface area contributed by atoms with Gasteiger partial charge in [0.05, 0.1) is 31.2 Å². The summed E-state index contributed by atoms with van der Waals surface area (Å²) in [4.78, 5) is 30.8. The van der Waals surface area contributed by atoms with Gasteiger partial charge in [0.2, 0.25) is 0 Å². The fraction of sp³-hybridized carbons (Fsp3) is 0.292. The molecule has 0 fully saturated rings. The average molecular weight is 579 g/mol. The van der Waals surface area contributed by atoms with E-state index in [4.69, 9.17) is 0 Å². The Balaban J connectivity index is 1.31. The normalized spacial score (nSPS) is 12.1. The molecular formula is C24H22F5N9O3. The summed E-state index contributed by atoms with van der Waals surface area (Å²) in [6.07, 6.45) is -2.49. The summed E-state index contributed by atoms with van der Waals surface area (Å²) in [6, 6.07) is 7.58. The number of H-pyrrole nitrogens is 1. The van der Waals surface area contributed by atoms with E-state index in [2.05, 4.69) is 40.8 Å². The molecule has 0 saturated heterocycles. The quantitative estimate of drug-likeness (QED) is 0.244. The molecule has 41 heavy (non-hydrogen) atoms. The molecule has 2 amide bonds. The van der Waals surface area contributed by atoms with Gasteiger partial charge in [-0.05, 0) is 36.8 Å². The van der Waals surface area contributed by atoms with Crippen molar-refractivity contribution in [1.29, 1.82) is 0 Å². The molecule has 1 atom stereocenters. The van der Waals surface area contributed by atoms with E-state index in [1.807, 2.05) is 0 Å². The van der Waals surface area contributed by atoms with Crippen molar-refractivity contribution in [1.82, 2.24) is 45.6 Å². The number of aromatic amines is 1. The van der Waals surface area contributed by atoms with Crippen LogP contribution >= 0.6 is 0 Å². The van der Waals surface area contributed by atoms with Crippen LogP contribution in [0.1, 0.15) is 38.7 Å². The second-order valence-corrected chi connectivity index (χ2v) is 8.60. The summed E-state index contributed by atoms with van der Waals surface area (Å²) >= 11 is 0. The lowest BCUT2D eigenvalue weighted by molar-refractivity contribution is -0.274. The maximum Gasteiger partial charge on any atom is 0.573 e. The Morgan fingerprint density at radius 3 is 2.68 bits per heavy atom.